The summed E-state index contributed by atoms with van der Waals surface area (Å²) in [4.78, 5) is 13.9. The van der Waals surface area contributed by atoms with Crippen molar-refractivity contribution in [2.45, 2.75) is 64.6 Å². The van der Waals surface area contributed by atoms with Crippen molar-refractivity contribution in [2.75, 3.05) is 7.05 Å². The minimum absolute atomic E-state index is 0.0651. The van der Waals surface area contributed by atoms with Crippen molar-refractivity contribution in [3.8, 4) is 0 Å². The minimum atomic E-state index is -0.512. The lowest BCUT2D eigenvalue weighted by atomic mass is 9.85. The molecule has 1 saturated carbocycles. The third-order valence-electron chi connectivity index (χ3n) is 3.74. The molecule has 1 amide bonds. The molecule has 0 bridgehead atoms. The summed E-state index contributed by atoms with van der Waals surface area (Å²) in [5.74, 6) is -0.0662. The average molecular weight is 242 g/mol. The van der Waals surface area contributed by atoms with E-state index in [-0.39, 0.29) is 17.4 Å². The fourth-order valence-corrected chi connectivity index (χ4v) is 2.30. The molecule has 0 aromatic heterocycles. The van der Waals surface area contributed by atoms with E-state index in [1.54, 1.807) is 11.9 Å². The number of nitrogens with two attached hydrogens (primary N) is 1. The normalized spacial score (nSPS) is 27.6. The maximum absolute atomic E-state index is 12.2. The van der Waals surface area contributed by atoms with Crippen molar-refractivity contribution in [2.24, 2.45) is 11.1 Å². The maximum atomic E-state index is 12.2. The highest BCUT2D eigenvalue weighted by Gasteiger charge is 2.35. The van der Waals surface area contributed by atoms with Crippen LogP contribution >= 0.6 is 0 Å². The summed E-state index contributed by atoms with van der Waals surface area (Å²) in [5.41, 5.74) is 5.73. The van der Waals surface area contributed by atoms with Crippen molar-refractivity contribution in [3.05, 3.63) is 0 Å². The number of carbonyl (C=O) groups is 1. The molecule has 4 nitrogen and oxygen atoms in total. The van der Waals surface area contributed by atoms with Gasteiger partial charge in [0.05, 0.1) is 18.2 Å². The van der Waals surface area contributed by atoms with Gasteiger partial charge in [0.1, 0.15) is 0 Å². The highest BCUT2D eigenvalue weighted by Crippen LogP contribution is 2.25. The summed E-state index contributed by atoms with van der Waals surface area (Å²) >= 11 is 0. The van der Waals surface area contributed by atoms with E-state index in [1.807, 2.05) is 20.8 Å². The highest BCUT2D eigenvalue weighted by atomic mass is 16.3. The molecule has 3 N–H and O–H groups in total. The summed E-state index contributed by atoms with van der Waals surface area (Å²) in [6.45, 7) is 5.88. The van der Waals surface area contributed by atoms with E-state index >= 15 is 0 Å². The van der Waals surface area contributed by atoms with Gasteiger partial charge in [-0.05, 0) is 18.3 Å². The molecule has 0 spiro atoms. The summed E-state index contributed by atoms with van der Waals surface area (Å²) in [7, 11) is 1.76. The van der Waals surface area contributed by atoms with E-state index in [0.717, 1.165) is 25.7 Å². The SMILES string of the molecule is CN(C(=O)[C@@H](N)C(C)(C)C)C1CCCCC1O. The Balaban J connectivity index is 2.68. The van der Waals surface area contributed by atoms with Crippen LogP contribution < -0.4 is 5.73 Å². The first-order valence-electron chi connectivity index (χ1n) is 6.45. The second-order valence-electron chi connectivity index (χ2n) is 6.21. The fraction of sp³-hybridized carbons (Fsp3) is 0.923. The standard InChI is InChI=1S/C13H26N2O2/c1-13(2,3)11(14)12(17)15(4)9-7-5-6-8-10(9)16/h9-11,16H,5-8,14H2,1-4H3/t9?,10?,11-/m1/s1. The number of aliphatic hydroxyl groups excluding tert-OH is 1. The minimum Gasteiger partial charge on any atom is -0.391 e. The molecule has 0 saturated heterocycles. The maximum Gasteiger partial charge on any atom is 0.240 e. The number of amides is 1. The Kier molecular flexibility index (Phi) is 4.55. The molecular formula is C13H26N2O2. The van der Waals surface area contributed by atoms with E-state index in [4.69, 9.17) is 5.73 Å². The summed E-state index contributed by atoms with van der Waals surface area (Å²) in [5, 5.41) is 9.94. The largest absolute Gasteiger partial charge is 0.391 e. The molecule has 1 aliphatic carbocycles. The van der Waals surface area contributed by atoms with Crippen LogP contribution in [0.3, 0.4) is 0 Å². The highest BCUT2D eigenvalue weighted by molar-refractivity contribution is 5.82. The molecule has 0 aliphatic heterocycles. The third-order valence-corrected chi connectivity index (χ3v) is 3.74. The number of aliphatic hydroxyl groups is 1. The van der Waals surface area contributed by atoms with Crippen molar-refractivity contribution < 1.29 is 9.90 Å². The molecule has 0 aromatic rings. The molecule has 0 radical (unpaired) electrons. The summed E-state index contributed by atoms with van der Waals surface area (Å²) in [6, 6.07) is -0.578. The van der Waals surface area contributed by atoms with E-state index in [1.165, 1.54) is 0 Å². The molecule has 4 heteroatoms. The first-order chi connectivity index (χ1) is 7.75. The van der Waals surface area contributed by atoms with Crippen LogP contribution in [-0.2, 0) is 4.79 Å². The second kappa shape index (κ2) is 5.36. The molecule has 1 fully saturated rings. The first-order valence-corrected chi connectivity index (χ1v) is 6.45. The van der Waals surface area contributed by atoms with Gasteiger partial charge in [-0.2, -0.15) is 0 Å². The van der Waals surface area contributed by atoms with Gasteiger partial charge in [0.15, 0.2) is 0 Å². The van der Waals surface area contributed by atoms with Crippen LogP contribution in [0.25, 0.3) is 0 Å². The van der Waals surface area contributed by atoms with Gasteiger partial charge in [0.25, 0.3) is 0 Å². The van der Waals surface area contributed by atoms with Crippen LogP contribution in [0.2, 0.25) is 0 Å². The van der Waals surface area contributed by atoms with Crippen molar-refractivity contribution in [1.82, 2.24) is 4.90 Å². The van der Waals surface area contributed by atoms with Crippen molar-refractivity contribution >= 4 is 5.91 Å². The number of hydrogen-bond donors (Lipinski definition) is 2. The Bertz CT molecular complexity index is 273. The monoisotopic (exact) mass is 242 g/mol. The van der Waals surface area contributed by atoms with Gasteiger partial charge in [-0.3, -0.25) is 4.79 Å². The molecule has 3 atom stereocenters. The molecule has 0 aromatic carbocycles. The number of nitrogens with zero attached hydrogens (tertiary/aromatic N) is 1. The molecule has 1 rings (SSSR count). The zero-order valence-corrected chi connectivity index (χ0v) is 11.4. The smallest absolute Gasteiger partial charge is 0.240 e. The zero-order valence-electron chi connectivity index (χ0n) is 11.4. The third kappa shape index (κ3) is 3.42. The van der Waals surface area contributed by atoms with Gasteiger partial charge in [-0.15, -0.1) is 0 Å². The topological polar surface area (TPSA) is 66.6 Å². The van der Waals surface area contributed by atoms with E-state index < -0.39 is 12.1 Å². The molecule has 1 aliphatic rings. The molecule has 0 heterocycles. The van der Waals surface area contributed by atoms with Gasteiger partial charge in [-0.25, -0.2) is 0 Å². The Morgan fingerprint density at radius 2 is 1.88 bits per heavy atom. The quantitative estimate of drug-likeness (QED) is 0.762. The zero-order chi connectivity index (χ0) is 13.2. The lowest BCUT2D eigenvalue weighted by Gasteiger charge is -2.38. The lowest BCUT2D eigenvalue weighted by Crippen LogP contribution is -2.55. The average Bonchev–Trinajstić information content (AvgIpc) is 2.25. The van der Waals surface area contributed by atoms with E-state index in [0.29, 0.717) is 0 Å². The van der Waals surface area contributed by atoms with Crippen LogP contribution in [0.15, 0.2) is 0 Å². The van der Waals surface area contributed by atoms with Crippen LogP contribution in [0.4, 0.5) is 0 Å². The van der Waals surface area contributed by atoms with Gasteiger partial charge < -0.3 is 15.7 Å². The predicted octanol–water partition coefficient (Wildman–Crippen LogP) is 1.12. The molecular weight excluding hydrogens is 216 g/mol. The molecule has 17 heavy (non-hydrogen) atoms. The number of rotatable bonds is 2. The fourth-order valence-electron chi connectivity index (χ4n) is 2.30. The van der Waals surface area contributed by atoms with Gasteiger partial charge in [-0.1, -0.05) is 33.6 Å². The second-order valence-corrected chi connectivity index (χ2v) is 6.21. The van der Waals surface area contributed by atoms with E-state index in [9.17, 15) is 9.90 Å². The summed E-state index contributed by atoms with van der Waals surface area (Å²) < 4.78 is 0. The molecule has 100 valence electrons. The number of hydrogen-bond acceptors (Lipinski definition) is 3. The summed E-state index contributed by atoms with van der Waals surface area (Å²) in [6.07, 6.45) is 3.38. The van der Waals surface area contributed by atoms with Gasteiger partial charge >= 0.3 is 0 Å². The molecule has 2 unspecified atom stereocenters. The number of carbonyl (C=O) groups excluding carboxylic acids is 1. The van der Waals surface area contributed by atoms with Gasteiger partial charge in [0.2, 0.25) is 5.91 Å². The van der Waals surface area contributed by atoms with Crippen molar-refractivity contribution in [3.63, 3.8) is 0 Å². The lowest BCUT2D eigenvalue weighted by molar-refractivity contribution is -0.139. The Morgan fingerprint density at radius 1 is 1.35 bits per heavy atom. The van der Waals surface area contributed by atoms with E-state index in [2.05, 4.69) is 0 Å². The van der Waals surface area contributed by atoms with Crippen LogP contribution in [0.5, 0.6) is 0 Å². The Labute approximate surface area is 104 Å². The first kappa shape index (κ1) is 14.5. The van der Waals surface area contributed by atoms with Crippen molar-refractivity contribution in [1.29, 1.82) is 0 Å². The van der Waals surface area contributed by atoms with Gasteiger partial charge in [0, 0.05) is 7.05 Å². The van der Waals surface area contributed by atoms with Crippen LogP contribution in [-0.4, -0.2) is 41.1 Å². The Hall–Kier alpha value is -0.610. The number of likely N-dealkylation sites (N-methyl/N-ethyl adjacent to an activating group) is 1. The Morgan fingerprint density at radius 3 is 2.35 bits per heavy atom. The van der Waals surface area contributed by atoms with Crippen LogP contribution in [0.1, 0.15) is 46.5 Å². The van der Waals surface area contributed by atoms with Crippen LogP contribution in [0, 0.1) is 5.41 Å². The predicted molar refractivity (Wildman–Crippen MR) is 68.5 cm³/mol.